The molecule has 0 bridgehead atoms. The molecule has 3 nitrogen and oxygen atoms in total. The second-order valence-corrected chi connectivity index (χ2v) is 4.05. The first-order chi connectivity index (χ1) is 7.22. The first-order valence-electron chi connectivity index (χ1n) is 5.46. The SMILES string of the molecule is CC=CC1CC(O)OC2=C1C(=O)CCC2. The Morgan fingerprint density at radius 2 is 2.27 bits per heavy atom. The quantitative estimate of drug-likeness (QED) is 0.670. The van der Waals surface area contributed by atoms with Crippen LogP contribution in [0, 0.1) is 5.92 Å². The van der Waals surface area contributed by atoms with Crippen LogP contribution in [0.2, 0.25) is 0 Å². The van der Waals surface area contributed by atoms with Crippen LogP contribution in [-0.4, -0.2) is 17.2 Å². The lowest BCUT2D eigenvalue weighted by molar-refractivity contribution is -0.122. The average molecular weight is 208 g/mol. The molecule has 0 amide bonds. The molecule has 0 aromatic rings. The number of ether oxygens (including phenoxy) is 1. The zero-order valence-corrected chi connectivity index (χ0v) is 8.90. The highest BCUT2D eigenvalue weighted by Crippen LogP contribution is 2.36. The number of aliphatic hydroxyl groups is 1. The molecule has 0 saturated heterocycles. The van der Waals surface area contributed by atoms with Crippen molar-refractivity contribution in [3.05, 3.63) is 23.5 Å². The fraction of sp³-hybridized carbons (Fsp3) is 0.583. The van der Waals surface area contributed by atoms with Crippen LogP contribution < -0.4 is 0 Å². The van der Waals surface area contributed by atoms with Crippen LogP contribution >= 0.6 is 0 Å². The van der Waals surface area contributed by atoms with E-state index in [4.69, 9.17) is 4.74 Å². The molecule has 2 aliphatic rings. The number of rotatable bonds is 1. The summed E-state index contributed by atoms with van der Waals surface area (Å²) in [5.74, 6) is 0.945. The van der Waals surface area contributed by atoms with Gasteiger partial charge in [0.2, 0.25) is 0 Å². The lowest BCUT2D eigenvalue weighted by Crippen LogP contribution is -2.30. The molecule has 2 unspecified atom stereocenters. The van der Waals surface area contributed by atoms with E-state index < -0.39 is 6.29 Å². The molecule has 15 heavy (non-hydrogen) atoms. The molecular weight excluding hydrogens is 192 g/mol. The van der Waals surface area contributed by atoms with Crippen molar-refractivity contribution < 1.29 is 14.6 Å². The van der Waals surface area contributed by atoms with E-state index in [-0.39, 0.29) is 11.7 Å². The van der Waals surface area contributed by atoms with Crippen LogP contribution in [0.15, 0.2) is 23.5 Å². The monoisotopic (exact) mass is 208 g/mol. The molecule has 0 fully saturated rings. The molecule has 1 heterocycles. The summed E-state index contributed by atoms with van der Waals surface area (Å²) in [6.07, 6.45) is 5.88. The maximum Gasteiger partial charge on any atom is 0.197 e. The Kier molecular flexibility index (Phi) is 2.91. The summed E-state index contributed by atoms with van der Waals surface area (Å²) in [5, 5.41) is 9.53. The van der Waals surface area contributed by atoms with Crippen LogP contribution in [0.3, 0.4) is 0 Å². The van der Waals surface area contributed by atoms with Gasteiger partial charge in [0.15, 0.2) is 12.1 Å². The molecule has 0 saturated carbocycles. The van der Waals surface area contributed by atoms with Crippen molar-refractivity contribution in [2.24, 2.45) is 5.92 Å². The number of Topliss-reactive ketones (excluding diaryl/α,β-unsaturated/α-hetero) is 1. The first-order valence-corrected chi connectivity index (χ1v) is 5.46. The average Bonchev–Trinajstić information content (AvgIpc) is 2.17. The fourth-order valence-corrected chi connectivity index (χ4v) is 2.32. The molecule has 82 valence electrons. The minimum absolute atomic E-state index is 0.0431. The van der Waals surface area contributed by atoms with E-state index in [2.05, 4.69) is 0 Å². The summed E-state index contributed by atoms with van der Waals surface area (Å²) in [5.41, 5.74) is 0.796. The van der Waals surface area contributed by atoms with Crippen LogP contribution in [0.5, 0.6) is 0 Å². The highest BCUT2D eigenvalue weighted by atomic mass is 16.6. The maximum atomic E-state index is 11.8. The Labute approximate surface area is 89.4 Å². The van der Waals surface area contributed by atoms with Gasteiger partial charge >= 0.3 is 0 Å². The molecule has 1 N–H and O–H groups in total. The molecule has 0 aromatic heterocycles. The van der Waals surface area contributed by atoms with Gasteiger partial charge in [-0.05, 0) is 13.3 Å². The van der Waals surface area contributed by atoms with Crippen molar-refractivity contribution in [3.8, 4) is 0 Å². The molecule has 2 atom stereocenters. The minimum atomic E-state index is -0.754. The van der Waals surface area contributed by atoms with Gasteiger partial charge in [0.1, 0.15) is 5.76 Å². The van der Waals surface area contributed by atoms with Gasteiger partial charge in [-0.15, -0.1) is 0 Å². The van der Waals surface area contributed by atoms with Crippen LogP contribution in [0.1, 0.15) is 32.6 Å². The Balaban J connectivity index is 2.34. The van der Waals surface area contributed by atoms with E-state index >= 15 is 0 Å². The zero-order valence-electron chi connectivity index (χ0n) is 8.90. The predicted molar refractivity (Wildman–Crippen MR) is 55.9 cm³/mol. The zero-order chi connectivity index (χ0) is 10.8. The van der Waals surface area contributed by atoms with Crippen molar-refractivity contribution in [2.45, 2.75) is 38.9 Å². The summed E-state index contributed by atoms with van der Waals surface area (Å²) in [6, 6.07) is 0. The number of carbonyl (C=O) groups is 1. The maximum absolute atomic E-state index is 11.8. The highest BCUT2D eigenvalue weighted by Gasteiger charge is 2.33. The Bertz CT molecular complexity index is 328. The van der Waals surface area contributed by atoms with Gasteiger partial charge in [0.25, 0.3) is 0 Å². The Morgan fingerprint density at radius 3 is 3.00 bits per heavy atom. The van der Waals surface area contributed by atoms with Crippen molar-refractivity contribution in [1.82, 2.24) is 0 Å². The number of aliphatic hydroxyl groups excluding tert-OH is 1. The lowest BCUT2D eigenvalue weighted by atomic mass is 9.83. The van der Waals surface area contributed by atoms with Gasteiger partial charge in [0.05, 0.1) is 0 Å². The van der Waals surface area contributed by atoms with Gasteiger partial charge in [-0.3, -0.25) is 4.79 Å². The normalized spacial score (nSPS) is 31.7. The number of carbonyl (C=O) groups excluding carboxylic acids is 1. The van der Waals surface area contributed by atoms with Gasteiger partial charge in [-0.2, -0.15) is 0 Å². The van der Waals surface area contributed by atoms with Crippen LogP contribution in [0.4, 0.5) is 0 Å². The molecule has 3 heteroatoms. The van der Waals surface area contributed by atoms with Crippen molar-refractivity contribution in [3.63, 3.8) is 0 Å². The van der Waals surface area contributed by atoms with E-state index in [1.165, 1.54) is 0 Å². The molecular formula is C12H16O3. The van der Waals surface area contributed by atoms with E-state index in [0.717, 1.165) is 18.4 Å². The fourth-order valence-electron chi connectivity index (χ4n) is 2.32. The topological polar surface area (TPSA) is 46.5 Å². The Hall–Kier alpha value is -1.09. The van der Waals surface area contributed by atoms with Crippen molar-refractivity contribution >= 4 is 5.78 Å². The third-order valence-electron chi connectivity index (χ3n) is 2.94. The third kappa shape index (κ3) is 1.97. The van der Waals surface area contributed by atoms with Gasteiger partial charge in [-0.1, -0.05) is 12.2 Å². The van der Waals surface area contributed by atoms with E-state index in [9.17, 15) is 9.90 Å². The smallest absolute Gasteiger partial charge is 0.197 e. The van der Waals surface area contributed by atoms with Crippen LogP contribution in [-0.2, 0) is 9.53 Å². The number of hydrogen-bond acceptors (Lipinski definition) is 3. The number of allylic oxidation sites excluding steroid dienone is 4. The van der Waals surface area contributed by atoms with Gasteiger partial charge < -0.3 is 9.84 Å². The highest BCUT2D eigenvalue weighted by molar-refractivity contribution is 5.97. The lowest BCUT2D eigenvalue weighted by Gasteiger charge is -2.32. The van der Waals surface area contributed by atoms with Gasteiger partial charge in [0, 0.05) is 30.8 Å². The largest absolute Gasteiger partial charge is 0.469 e. The van der Waals surface area contributed by atoms with Crippen LogP contribution in [0.25, 0.3) is 0 Å². The second kappa shape index (κ2) is 4.19. The molecule has 0 aromatic carbocycles. The summed E-state index contributed by atoms with van der Waals surface area (Å²) in [7, 11) is 0. The third-order valence-corrected chi connectivity index (χ3v) is 2.94. The predicted octanol–water partition coefficient (Wildman–Crippen LogP) is 1.92. The number of hydrogen-bond donors (Lipinski definition) is 1. The van der Waals surface area contributed by atoms with Crippen molar-refractivity contribution in [2.75, 3.05) is 0 Å². The molecule has 2 rings (SSSR count). The van der Waals surface area contributed by atoms with E-state index in [0.29, 0.717) is 18.6 Å². The summed E-state index contributed by atoms with van der Waals surface area (Å²) < 4.78 is 5.32. The standard InChI is InChI=1S/C12H16O3/c1-2-4-8-7-11(14)15-10-6-3-5-9(13)12(8)10/h2,4,8,11,14H,3,5-7H2,1H3. The van der Waals surface area contributed by atoms with E-state index in [1.807, 2.05) is 19.1 Å². The first kappa shape index (κ1) is 10.4. The Morgan fingerprint density at radius 1 is 1.47 bits per heavy atom. The van der Waals surface area contributed by atoms with Crippen molar-refractivity contribution in [1.29, 1.82) is 0 Å². The summed E-state index contributed by atoms with van der Waals surface area (Å²) >= 11 is 0. The number of ketones is 1. The minimum Gasteiger partial charge on any atom is -0.469 e. The molecule has 0 radical (unpaired) electrons. The molecule has 0 spiro atoms. The van der Waals surface area contributed by atoms with Gasteiger partial charge in [-0.25, -0.2) is 0 Å². The summed E-state index contributed by atoms with van der Waals surface area (Å²) in [6.45, 7) is 1.93. The summed E-state index contributed by atoms with van der Waals surface area (Å²) in [4.78, 5) is 11.8. The molecule has 1 aliphatic heterocycles. The molecule has 1 aliphatic carbocycles. The van der Waals surface area contributed by atoms with E-state index in [1.54, 1.807) is 0 Å². The second-order valence-electron chi connectivity index (χ2n) is 4.05.